The van der Waals surface area contributed by atoms with Gasteiger partial charge in [-0.05, 0) is 57.5 Å². The highest BCUT2D eigenvalue weighted by molar-refractivity contribution is 5.90. The van der Waals surface area contributed by atoms with E-state index in [4.69, 9.17) is 81.5 Å². The molecule has 4 aliphatic heterocycles. The molecule has 0 spiro atoms. The van der Waals surface area contributed by atoms with Crippen LogP contribution >= 0.6 is 0 Å². The summed E-state index contributed by atoms with van der Waals surface area (Å²) in [4.78, 5) is 122. The number of carbonyl (C=O) groups is 8. The topological polar surface area (TPSA) is 603 Å². The maximum Gasteiger partial charge on any atom is 0.338 e. The molecule has 522 valence electrons. The van der Waals surface area contributed by atoms with Crippen molar-refractivity contribution in [2.75, 3.05) is 26.2 Å². The number of hydrogen-bond donors (Lipinski definition) is 1. The summed E-state index contributed by atoms with van der Waals surface area (Å²) in [5, 5.41) is 22.0. The number of carbonyl (C=O) groups excluding carboxylic acids is 8. The number of ether oxygens (including phenoxy) is 16. The van der Waals surface area contributed by atoms with E-state index in [1.54, 1.807) is 24.3 Å². The molecule has 43 nitrogen and oxygen atoms in total. The van der Waals surface area contributed by atoms with E-state index >= 15 is 0 Å². The van der Waals surface area contributed by atoms with E-state index in [1.165, 1.54) is 48.6 Å². The molecule has 0 radical (unpaired) electrons. The van der Waals surface area contributed by atoms with E-state index in [9.17, 15) is 71.5 Å². The summed E-state index contributed by atoms with van der Waals surface area (Å²) in [6, 6.07) is 8.12. The standard InChI is InChI=1S/C55H63N19O24/c1-23(75)84-40-31(66-72-60)17-18-32(90-53-38(67-73-61)47(87-26(4)78)43(85-24(2)76)34(92-53)20-64-70-58)41(40)98-55-49(89-28(6)80)45(97-54-39(68-74-62)48(88-27(5)79)44(86-25(3)77)35(93-54)21-65-71-59)36(94-55)22-83-52-37(56)46(96-51(82)30-15-11-8-12-16-30)42(33(91-52)19-63-69-57)95-50(81)29-13-9-7-10-14-29/h7-18,31-49,52-55H,19-22,56H2,1-6H3/t31-,32-,33?,34?,35?,36-,37?,38?,39?,40?,41?,42-,43-,44-,45?,46?,47?,48?,49?,52-,53+,54-,55+/m1/s1. The zero-order valence-corrected chi connectivity index (χ0v) is 52.5. The van der Waals surface area contributed by atoms with Gasteiger partial charge in [-0.2, -0.15) is 0 Å². The molecule has 23 atom stereocenters. The smallest absolute Gasteiger partial charge is 0.338 e. The molecule has 1 aliphatic carbocycles. The molecule has 0 saturated carbocycles. The Morgan fingerprint density at radius 3 is 1.21 bits per heavy atom. The Labute approximate surface area is 552 Å². The van der Waals surface area contributed by atoms with Crippen LogP contribution in [0.3, 0.4) is 0 Å². The number of nitrogens with two attached hydrogens (primary N) is 1. The normalized spacial score (nSPS) is 32.2. The fourth-order valence-corrected chi connectivity index (χ4v) is 11.0. The van der Waals surface area contributed by atoms with Gasteiger partial charge < -0.3 is 81.5 Å². The second-order valence-corrected chi connectivity index (χ2v) is 21.5. The average Bonchev–Trinajstić information content (AvgIpc) is 1.36. The van der Waals surface area contributed by atoms with E-state index in [0.29, 0.717) is 0 Å². The summed E-state index contributed by atoms with van der Waals surface area (Å²) in [5.74, 6) is -8.10. The van der Waals surface area contributed by atoms with Crippen LogP contribution in [0.2, 0.25) is 0 Å². The van der Waals surface area contributed by atoms with Gasteiger partial charge in [0.05, 0.1) is 49.5 Å². The number of azide groups is 6. The van der Waals surface area contributed by atoms with Crippen molar-refractivity contribution in [2.45, 2.75) is 182 Å². The monoisotopic (exact) mass is 1370 g/mol. The first kappa shape index (κ1) is 74.8. The number of benzene rings is 2. The molecule has 13 unspecified atom stereocenters. The minimum absolute atomic E-state index is 0.00389. The van der Waals surface area contributed by atoms with Crippen LogP contribution in [0.15, 0.2) is 104 Å². The Bertz CT molecular complexity index is 3550. The average molecular weight is 1370 g/mol. The van der Waals surface area contributed by atoms with Gasteiger partial charge in [0.1, 0.15) is 60.9 Å². The van der Waals surface area contributed by atoms with Crippen LogP contribution in [-0.2, 0) is 105 Å². The Morgan fingerprint density at radius 2 is 0.776 bits per heavy atom. The molecule has 5 aliphatic rings. The Balaban J connectivity index is 1.37. The van der Waals surface area contributed by atoms with Crippen LogP contribution in [0.1, 0.15) is 62.3 Å². The number of hydrogen-bond acceptors (Lipinski definition) is 31. The van der Waals surface area contributed by atoms with Gasteiger partial charge in [-0.25, -0.2) is 9.59 Å². The van der Waals surface area contributed by atoms with E-state index in [0.717, 1.165) is 41.5 Å². The van der Waals surface area contributed by atoms with Crippen molar-refractivity contribution in [3.8, 4) is 0 Å². The number of esters is 8. The fourth-order valence-electron chi connectivity index (χ4n) is 11.0. The van der Waals surface area contributed by atoms with Crippen LogP contribution in [-0.4, -0.2) is 215 Å². The predicted molar refractivity (Wildman–Crippen MR) is 318 cm³/mol. The van der Waals surface area contributed by atoms with E-state index < -0.39 is 215 Å². The molecule has 2 aromatic rings. The lowest BCUT2D eigenvalue weighted by Crippen LogP contribution is -2.65. The molecule has 0 bridgehead atoms. The van der Waals surface area contributed by atoms with Crippen molar-refractivity contribution in [1.29, 1.82) is 0 Å². The van der Waals surface area contributed by atoms with Crippen molar-refractivity contribution in [1.82, 2.24) is 0 Å². The highest BCUT2D eigenvalue weighted by Crippen LogP contribution is 2.40. The largest absolute Gasteiger partial charge is 0.459 e. The van der Waals surface area contributed by atoms with Crippen LogP contribution in [0, 0.1) is 0 Å². The first-order valence-corrected chi connectivity index (χ1v) is 29.4. The molecule has 7 rings (SSSR count). The van der Waals surface area contributed by atoms with Crippen molar-refractivity contribution in [3.63, 3.8) is 0 Å². The van der Waals surface area contributed by atoms with Gasteiger partial charge in [0.15, 0.2) is 67.9 Å². The molecule has 0 amide bonds. The van der Waals surface area contributed by atoms with Gasteiger partial charge in [0.25, 0.3) is 0 Å². The summed E-state index contributed by atoms with van der Waals surface area (Å²) >= 11 is 0. The summed E-state index contributed by atoms with van der Waals surface area (Å²) in [6.07, 6.45) is -32.0. The summed E-state index contributed by atoms with van der Waals surface area (Å²) < 4.78 is 97.1. The van der Waals surface area contributed by atoms with Gasteiger partial charge >= 0.3 is 47.8 Å². The summed E-state index contributed by atoms with van der Waals surface area (Å²) in [5.41, 5.74) is 65.2. The molecule has 43 heteroatoms. The third-order valence-electron chi connectivity index (χ3n) is 14.8. The van der Waals surface area contributed by atoms with Crippen LogP contribution in [0.4, 0.5) is 0 Å². The van der Waals surface area contributed by atoms with E-state index in [2.05, 4.69) is 60.2 Å². The van der Waals surface area contributed by atoms with Crippen molar-refractivity contribution < 1.29 is 114 Å². The molecule has 2 aromatic carbocycles. The van der Waals surface area contributed by atoms with Crippen molar-refractivity contribution in [3.05, 3.63) is 147 Å². The lowest BCUT2D eigenvalue weighted by Gasteiger charge is -2.46. The minimum Gasteiger partial charge on any atom is -0.459 e. The zero-order valence-electron chi connectivity index (χ0n) is 52.5. The molecule has 0 aromatic heterocycles. The third-order valence-corrected chi connectivity index (χ3v) is 14.8. The molecule has 4 saturated heterocycles. The van der Waals surface area contributed by atoms with Gasteiger partial charge in [0, 0.05) is 71.0 Å². The number of nitrogens with zero attached hydrogens (tertiary/aromatic N) is 18. The maximum atomic E-state index is 14.0. The Kier molecular flexibility index (Phi) is 27.5. The highest BCUT2D eigenvalue weighted by atomic mass is 16.8. The molecular formula is C55H63N19O24. The fraction of sp³-hybridized carbons (Fsp3) is 0.600. The zero-order chi connectivity index (χ0) is 71.2. The second kappa shape index (κ2) is 36.0. The third kappa shape index (κ3) is 19.6. The lowest BCUT2D eigenvalue weighted by atomic mass is 9.93. The highest BCUT2D eigenvalue weighted by Gasteiger charge is 2.59. The van der Waals surface area contributed by atoms with Crippen molar-refractivity contribution >= 4 is 47.8 Å². The number of rotatable bonds is 28. The first-order valence-electron chi connectivity index (χ1n) is 29.4. The van der Waals surface area contributed by atoms with Gasteiger partial charge in [-0.15, -0.1) is 0 Å². The first-order chi connectivity index (χ1) is 47.0. The lowest BCUT2D eigenvalue weighted by molar-refractivity contribution is -0.297. The Hall–Kier alpha value is -10.6. The summed E-state index contributed by atoms with van der Waals surface area (Å²) in [7, 11) is 0. The maximum absolute atomic E-state index is 14.0. The molecular weight excluding hydrogens is 1310 g/mol. The van der Waals surface area contributed by atoms with E-state index in [-0.39, 0.29) is 11.1 Å². The van der Waals surface area contributed by atoms with Gasteiger partial charge in [0.2, 0.25) is 0 Å². The predicted octanol–water partition coefficient (Wildman–Crippen LogP) is 4.96. The Morgan fingerprint density at radius 1 is 0.398 bits per heavy atom. The van der Waals surface area contributed by atoms with Crippen LogP contribution in [0.5, 0.6) is 0 Å². The minimum atomic E-state index is -2.14. The molecule has 2 N–H and O–H groups in total. The molecule has 4 fully saturated rings. The SMILES string of the molecule is CC(=O)OC1C(O[C@H]2OC(CN=[N+]=[N-])[C@@H](OC(C)=O)C(OC(C)=O)C2N=[N+]=[N-])[C@@H](CO[C@@H]2OC(CN=[N+]=[N-])[C@@H](OC(=O)c3ccccc3)C(OC(=O)c3ccccc3)C2N)O[C@H]1OC1C(OC(C)=O)[C@H](N=[N+]=[N-])C=C[C@H]1O[C@H]1OC(CN=[N+]=[N-])[C@@H](OC(C)=O)C(OC(C)=O)C1N=[N+]=[N-]. The van der Waals surface area contributed by atoms with Gasteiger partial charge in [-0.1, -0.05) is 79.2 Å². The van der Waals surface area contributed by atoms with Crippen LogP contribution in [0.25, 0.3) is 62.7 Å². The van der Waals surface area contributed by atoms with E-state index in [1.807, 2.05) is 0 Å². The molecule has 98 heavy (non-hydrogen) atoms. The molecule has 4 heterocycles. The van der Waals surface area contributed by atoms with Crippen molar-refractivity contribution in [2.24, 2.45) is 36.4 Å². The van der Waals surface area contributed by atoms with Crippen LogP contribution < -0.4 is 5.73 Å². The second-order valence-electron chi connectivity index (χ2n) is 21.5. The quantitative estimate of drug-likeness (QED) is 0.0293. The summed E-state index contributed by atoms with van der Waals surface area (Å²) in [6.45, 7) is 2.86. The van der Waals surface area contributed by atoms with Gasteiger partial charge in [-0.3, -0.25) is 28.8 Å².